The van der Waals surface area contributed by atoms with E-state index in [1.165, 1.54) is 0 Å². The predicted molar refractivity (Wildman–Crippen MR) is 69.9 cm³/mol. The van der Waals surface area contributed by atoms with Crippen LogP contribution < -0.4 is 0 Å². The maximum absolute atomic E-state index is 8.94. The fourth-order valence-corrected chi connectivity index (χ4v) is 1.70. The van der Waals surface area contributed by atoms with Crippen molar-refractivity contribution in [1.29, 1.82) is 0 Å². The fourth-order valence-electron chi connectivity index (χ4n) is 1.70. The van der Waals surface area contributed by atoms with Crippen molar-refractivity contribution >= 4 is 0 Å². The van der Waals surface area contributed by atoms with E-state index < -0.39 is 0 Å². The number of aliphatic hydroxyl groups excluding tert-OH is 3. The summed E-state index contributed by atoms with van der Waals surface area (Å²) >= 11 is 0. The van der Waals surface area contributed by atoms with Crippen LogP contribution in [-0.2, 0) is 6.54 Å². The molecular formula is C14H19NO3. The van der Waals surface area contributed by atoms with Crippen molar-refractivity contribution in [1.82, 2.24) is 4.90 Å². The summed E-state index contributed by atoms with van der Waals surface area (Å²) in [5.41, 5.74) is 1.93. The molecule has 0 aliphatic heterocycles. The molecule has 3 N–H and O–H groups in total. The topological polar surface area (TPSA) is 63.9 Å². The van der Waals surface area contributed by atoms with Crippen molar-refractivity contribution in [3.8, 4) is 11.8 Å². The molecule has 0 saturated carbocycles. The first-order valence-corrected chi connectivity index (χ1v) is 5.93. The van der Waals surface area contributed by atoms with Crippen LogP contribution in [0.1, 0.15) is 11.1 Å². The van der Waals surface area contributed by atoms with Crippen LogP contribution in [-0.4, -0.2) is 53.1 Å². The molecule has 0 spiro atoms. The van der Waals surface area contributed by atoms with E-state index in [1.807, 2.05) is 29.2 Å². The molecule has 0 saturated heterocycles. The van der Waals surface area contributed by atoms with Gasteiger partial charge in [0, 0.05) is 25.2 Å². The second-order valence-electron chi connectivity index (χ2n) is 3.88. The molecule has 0 bridgehead atoms. The molecule has 0 aliphatic rings. The molecule has 1 aromatic carbocycles. The third-order valence-corrected chi connectivity index (χ3v) is 2.48. The second kappa shape index (κ2) is 8.67. The molecule has 4 nitrogen and oxygen atoms in total. The number of hydrogen-bond acceptors (Lipinski definition) is 4. The summed E-state index contributed by atoms with van der Waals surface area (Å²) in [6.45, 7) is 1.73. The first-order chi connectivity index (χ1) is 8.80. The number of hydrogen-bond donors (Lipinski definition) is 3. The summed E-state index contributed by atoms with van der Waals surface area (Å²) in [7, 11) is 0. The van der Waals surface area contributed by atoms with Gasteiger partial charge in [0.15, 0.2) is 0 Å². The Morgan fingerprint density at radius 3 is 2.39 bits per heavy atom. The van der Waals surface area contributed by atoms with Gasteiger partial charge in [-0.15, -0.1) is 0 Å². The number of rotatable bonds is 6. The molecule has 0 atom stereocenters. The minimum absolute atomic E-state index is 0.0734. The van der Waals surface area contributed by atoms with Gasteiger partial charge >= 0.3 is 0 Å². The van der Waals surface area contributed by atoms with E-state index in [0.717, 1.165) is 11.1 Å². The van der Waals surface area contributed by atoms with Gasteiger partial charge in [-0.05, 0) is 17.7 Å². The smallest absolute Gasteiger partial charge is 0.104 e. The summed E-state index contributed by atoms with van der Waals surface area (Å²) in [6.07, 6.45) is 0. The lowest BCUT2D eigenvalue weighted by molar-refractivity contribution is 0.156. The van der Waals surface area contributed by atoms with E-state index in [9.17, 15) is 0 Å². The highest BCUT2D eigenvalue weighted by molar-refractivity contribution is 5.37. The van der Waals surface area contributed by atoms with Gasteiger partial charge in [-0.1, -0.05) is 24.0 Å². The molecular weight excluding hydrogens is 230 g/mol. The van der Waals surface area contributed by atoms with Crippen molar-refractivity contribution in [2.45, 2.75) is 6.54 Å². The fraction of sp³-hybridized carbons (Fsp3) is 0.429. The van der Waals surface area contributed by atoms with Gasteiger partial charge in [0.2, 0.25) is 0 Å². The van der Waals surface area contributed by atoms with Crippen molar-refractivity contribution in [2.75, 3.05) is 32.9 Å². The molecule has 0 aromatic heterocycles. The first kappa shape index (κ1) is 14.7. The minimum atomic E-state index is -0.147. The van der Waals surface area contributed by atoms with Crippen LogP contribution in [0.3, 0.4) is 0 Å². The van der Waals surface area contributed by atoms with Crippen LogP contribution in [0, 0.1) is 11.8 Å². The Labute approximate surface area is 107 Å². The average molecular weight is 249 g/mol. The van der Waals surface area contributed by atoms with E-state index >= 15 is 0 Å². The number of nitrogens with zero attached hydrogens (tertiary/aromatic N) is 1. The highest BCUT2D eigenvalue weighted by Gasteiger charge is 2.04. The molecule has 0 unspecified atom stereocenters. The van der Waals surface area contributed by atoms with Gasteiger partial charge in [0.25, 0.3) is 0 Å². The van der Waals surface area contributed by atoms with E-state index in [4.69, 9.17) is 15.3 Å². The lowest BCUT2D eigenvalue weighted by atomic mass is 10.1. The number of benzene rings is 1. The second-order valence-corrected chi connectivity index (χ2v) is 3.88. The Morgan fingerprint density at radius 2 is 1.78 bits per heavy atom. The largest absolute Gasteiger partial charge is 0.395 e. The molecule has 98 valence electrons. The summed E-state index contributed by atoms with van der Waals surface area (Å²) in [4.78, 5) is 1.97. The van der Waals surface area contributed by atoms with Gasteiger partial charge in [-0.2, -0.15) is 0 Å². The lowest BCUT2D eigenvalue weighted by Gasteiger charge is -2.20. The van der Waals surface area contributed by atoms with Crippen LogP contribution in [0.5, 0.6) is 0 Å². The highest BCUT2D eigenvalue weighted by atomic mass is 16.3. The monoisotopic (exact) mass is 249 g/mol. The average Bonchev–Trinajstić information content (AvgIpc) is 2.37. The summed E-state index contributed by atoms with van der Waals surface area (Å²) in [6, 6.07) is 7.72. The van der Waals surface area contributed by atoms with E-state index in [1.54, 1.807) is 0 Å². The van der Waals surface area contributed by atoms with Crippen molar-refractivity contribution in [3.05, 3.63) is 35.4 Å². The molecule has 0 amide bonds. The molecule has 0 heterocycles. The van der Waals surface area contributed by atoms with Crippen LogP contribution in [0.4, 0.5) is 0 Å². The zero-order valence-corrected chi connectivity index (χ0v) is 10.3. The third kappa shape index (κ3) is 5.30. The molecule has 0 fully saturated rings. The van der Waals surface area contributed by atoms with E-state index in [2.05, 4.69) is 11.8 Å². The quantitative estimate of drug-likeness (QED) is 0.612. The molecule has 18 heavy (non-hydrogen) atoms. The number of aliphatic hydroxyl groups is 3. The molecule has 1 aromatic rings. The van der Waals surface area contributed by atoms with Crippen LogP contribution in [0.2, 0.25) is 0 Å². The molecule has 0 aliphatic carbocycles. The van der Waals surface area contributed by atoms with E-state index in [-0.39, 0.29) is 19.8 Å². The van der Waals surface area contributed by atoms with Crippen LogP contribution in [0.25, 0.3) is 0 Å². The predicted octanol–water partition coefficient (Wildman–Crippen LogP) is -0.183. The Hall–Kier alpha value is -1.38. The lowest BCUT2D eigenvalue weighted by Crippen LogP contribution is -2.29. The summed E-state index contributed by atoms with van der Waals surface area (Å²) < 4.78 is 0. The van der Waals surface area contributed by atoms with Crippen molar-refractivity contribution < 1.29 is 15.3 Å². The maximum Gasteiger partial charge on any atom is 0.104 e. The van der Waals surface area contributed by atoms with Gasteiger partial charge in [-0.25, -0.2) is 0 Å². The molecule has 4 heteroatoms. The van der Waals surface area contributed by atoms with Crippen molar-refractivity contribution in [2.24, 2.45) is 0 Å². The van der Waals surface area contributed by atoms with Gasteiger partial charge < -0.3 is 15.3 Å². The van der Waals surface area contributed by atoms with Gasteiger partial charge in [0.05, 0.1) is 13.2 Å². The zero-order chi connectivity index (χ0) is 13.2. The first-order valence-electron chi connectivity index (χ1n) is 5.93. The third-order valence-electron chi connectivity index (χ3n) is 2.48. The Bertz CT molecular complexity index is 403. The molecule has 1 rings (SSSR count). The van der Waals surface area contributed by atoms with Gasteiger partial charge in [0.1, 0.15) is 6.61 Å². The summed E-state index contributed by atoms with van der Waals surface area (Å²) in [5, 5.41) is 26.5. The minimum Gasteiger partial charge on any atom is -0.395 e. The summed E-state index contributed by atoms with van der Waals surface area (Å²) in [5.74, 6) is 5.46. The standard InChI is InChI=1S/C14H19NO3/c16-8-2-5-13-3-1-4-14(11-13)12-15(6-9-17)7-10-18/h1,3-4,11,16-18H,6-10,12H2. The molecule has 0 radical (unpaired) electrons. The van der Waals surface area contributed by atoms with E-state index in [0.29, 0.717) is 19.6 Å². The van der Waals surface area contributed by atoms with Crippen LogP contribution in [0.15, 0.2) is 24.3 Å². The highest BCUT2D eigenvalue weighted by Crippen LogP contribution is 2.07. The Kier molecular flexibility index (Phi) is 7.07. The SMILES string of the molecule is OCC#Cc1cccc(CN(CCO)CCO)c1. The maximum atomic E-state index is 8.94. The Balaban J connectivity index is 2.70. The van der Waals surface area contributed by atoms with Crippen molar-refractivity contribution in [3.63, 3.8) is 0 Å². The van der Waals surface area contributed by atoms with Crippen LogP contribution >= 0.6 is 0 Å². The normalized spacial score (nSPS) is 10.2. The Morgan fingerprint density at radius 1 is 1.06 bits per heavy atom. The van der Waals surface area contributed by atoms with Gasteiger partial charge in [-0.3, -0.25) is 4.90 Å². The zero-order valence-electron chi connectivity index (χ0n) is 10.3.